The number of hydrogen-bond donors (Lipinski definition) is 9. The number of nitrogens with one attached hydrogen (secondary N) is 4. The van der Waals surface area contributed by atoms with Crippen LogP contribution in [-0.2, 0) is 59.2 Å². The van der Waals surface area contributed by atoms with Crippen molar-refractivity contribution in [1.82, 2.24) is 29.1 Å². The zero-order valence-electron chi connectivity index (χ0n) is 40.1. The van der Waals surface area contributed by atoms with E-state index in [0.29, 0.717) is 29.7 Å². The molecule has 0 bridgehead atoms. The van der Waals surface area contributed by atoms with Crippen LogP contribution in [0.5, 0.6) is 0 Å². The highest BCUT2D eigenvalue weighted by molar-refractivity contribution is 7.99. The Labute approximate surface area is 450 Å². The summed E-state index contributed by atoms with van der Waals surface area (Å²) in [6.07, 6.45) is -16.1. The van der Waals surface area contributed by atoms with Crippen molar-refractivity contribution in [2.45, 2.75) is 67.2 Å². The molecule has 2 fully saturated rings. The van der Waals surface area contributed by atoms with E-state index in [9.17, 15) is 75.3 Å². The normalized spacial score (nSPS) is 23.4. The van der Waals surface area contributed by atoms with Gasteiger partial charge in [0.1, 0.15) is 12.2 Å². The first-order valence-corrected chi connectivity index (χ1v) is 30.8. The van der Waals surface area contributed by atoms with Crippen LogP contribution in [0.2, 0.25) is 0 Å². The lowest BCUT2D eigenvalue weighted by Gasteiger charge is -2.22. The molecule has 0 radical (unpaired) electrons. The van der Waals surface area contributed by atoms with Crippen LogP contribution >= 0.6 is 54.8 Å². The maximum Gasteiger partial charge on any atom is 0.490 e. The van der Waals surface area contributed by atoms with E-state index in [4.69, 9.17) is 28.0 Å². The van der Waals surface area contributed by atoms with E-state index in [0.717, 1.165) is 27.7 Å². The second-order valence-electron chi connectivity index (χ2n) is 16.3. The Kier molecular flexibility index (Phi) is 20.4. The van der Waals surface area contributed by atoms with E-state index in [2.05, 4.69) is 43.8 Å². The second-order valence-corrected chi connectivity index (χ2v) is 24.5. The van der Waals surface area contributed by atoms with Crippen LogP contribution in [0.4, 0.5) is 40.0 Å². The van der Waals surface area contributed by atoms with Gasteiger partial charge in [-0.3, -0.25) is 38.6 Å². The van der Waals surface area contributed by atoms with Crippen molar-refractivity contribution in [2.24, 2.45) is 0 Å². The Morgan fingerprint density at radius 3 is 1.99 bits per heavy atom. The first kappa shape index (κ1) is 61.6. The molecule has 79 heavy (non-hydrogen) atoms. The van der Waals surface area contributed by atoms with Crippen LogP contribution in [-0.4, -0.2) is 140 Å². The molecule has 2 aliphatic heterocycles. The number of fused-ring (bicyclic) bond motifs is 1. The van der Waals surface area contributed by atoms with Crippen molar-refractivity contribution < 1.29 is 107 Å². The minimum atomic E-state index is -6.40. The molecular formula is C39H46F3N9O22P4S2. The topological polar surface area (TPSA) is 421 Å². The molecule has 3 aromatic heterocycles. The number of phosphoric acid groups is 4. The molecular weight excluding hydrogens is 1190 g/mol. The maximum atomic E-state index is 13.2. The Morgan fingerprint density at radius 1 is 0.797 bits per heavy atom. The number of hydrogen-bond acceptors (Lipinski definition) is 24. The fourth-order valence-corrected chi connectivity index (χ4v) is 13.3. The number of halogens is 3. The molecule has 0 spiro atoms. The highest BCUT2D eigenvalue weighted by Crippen LogP contribution is 2.71. The number of imidazole rings is 1. The van der Waals surface area contributed by atoms with Crippen LogP contribution in [0, 0.1) is 0 Å². The molecule has 5 unspecified atom stereocenters. The molecule has 2 aromatic carbocycles. The number of thioether (sulfide) groups is 2. The largest absolute Gasteiger partial charge is 0.490 e. The summed E-state index contributed by atoms with van der Waals surface area (Å²) < 4.78 is 137. The fraction of sp³-hybridized carbons (Fsp3) is 0.410. The number of anilines is 3. The lowest BCUT2D eigenvalue weighted by molar-refractivity contribution is -0.129. The fourth-order valence-electron chi connectivity index (χ4n) is 7.22. The summed E-state index contributed by atoms with van der Waals surface area (Å²) in [5.41, 5.74) is -1.39. The van der Waals surface area contributed by atoms with Gasteiger partial charge in [0.2, 0.25) is 0 Å². The Balaban J connectivity index is 1.00. The minimum Gasteiger partial charge on any atom is -0.441 e. The number of ether oxygens (including phenoxy) is 4. The highest BCUT2D eigenvalue weighted by atomic mass is 32.2. The SMILES string of the molecule is CSCCNc1nc(SCCC(F)(F)F)nc2c1ncn2[C@@H]1O[C@H](COP(=O)(O)OP(=O)(O)OP(=O)(O)OP(=O)(O)OC[C@@H]2C[C@@H](OC(=O)Nc3ccccc3)C(n3ccc(=O)[nH]c3=O)O2)[C@@H](O)[C@H]1OC(=O)Nc1ccccc1. The van der Waals surface area contributed by atoms with E-state index in [1.807, 2.05) is 11.2 Å². The molecule has 432 valence electrons. The first-order valence-electron chi connectivity index (χ1n) is 22.4. The Morgan fingerprint density at radius 2 is 1.39 bits per heavy atom. The average Bonchev–Trinajstić information content (AvgIpc) is 4.16. The number of aromatic amines is 1. The van der Waals surface area contributed by atoms with Gasteiger partial charge in [-0.05, 0) is 30.5 Å². The number of alkyl halides is 3. The van der Waals surface area contributed by atoms with Crippen LogP contribution in [0.25, 0.3) is 11.2 Å². The van der Waals surface area contributed by atoms with Crippen molar-refractivity contribution >= 4 is 95.4 Å². The van der Waals surface area contributed by atoms with Crippen LogP contribution < -0.4 is 27.2 Å². The van der Waals surface area contributed by atoms with Gasteiger partial charge in [0, 0.05) is 48.1 Å². The molecule has 5 heterocycles. The van der Waals surface area contributed by atoms with E-state index in [1.54, 1.807) is 36.4 Å². The maximum absolute atomic E-state index is 13.2. The van der Waals surface area contributed by atoms with Gasteiger partial charge in [0.25, 0.3) is 5.56 Å². The average molecular weight is 1240 g/mol. The molecule has 40 heteroatoms. The minimum absolute atomic E-state index is 0.0395. The van der Waals surface area contributed by atoms with Gasteiger partial charge in [-0.1, -0.05) is 48.2 Å². The van der Waals surface area contributed by atoms with Gasteiger partial charge in [-0.2, -0.15) is 37.9 Å². The van der Waals surface area contributed by atoms with Gasteiger partial charge in [0.15, 0.2) is 46.8 Å². The zero-order valence-corrected chi connectivity index (χ0v) is 45.4. The number of phosphoric ester groups is 2. The summed E-state index contributed by atoms with van der Waals surface area (Å²) in [6.45, 7) is -2.03. The summed E-state index contributed by atoms with van der Waals surface area (Å²) in [4.78, 5) is 106. The number of benzene rings is 2. The Hall–Kier alpha value is -5.06. The molecule has 9 N–H and O–H groups in total. The van der Waals surface area contributed by atoms with E-state index in [1.165, 1.54) is 36.0 Å². The van der Waals surface area contributed by atoms with E-state index < -0.39 is 136 Å². The molecule has 7 rings (SSSR count). The van der Waals surface area contributed by atoms with Crippen molar-refractivity contribution in [3.05, 3.63) is 100 Å². The number of para-hydroxylation sites is 2. The Bertz CT molecular complexity index is 3270. The smallest absolute Gasteiger partial charge is 0.441 e. The number of H-pyrrole nitrogens is 1. The predicted molar refractivity (Wildman–Crippen MR) is 268 cm³/mol. The molecule has 2 amide bonds. The number of amides is 2. The summed E-state index contributed by atoms with van der Waals surface area (Å²) in [6, 6.07) is 16.6. The lowest BCUT2D eigenvalue weighted by atomic mass is 10.1. The number of aliphatic hydroxyl groups excluding tert-OH is 1. The van der Waals surface area contributed by atoms with Crippen LogP contribution in [0.15, 0.2) is 94.0 Å². The first-order chi connectivity index (χ1) is 37.2. The third kappa shape index (κ3) is 18.0. The number of carbonyl (C=O) groups excluding carboxylic acids is 2. The van der Waals surface area contributed by atoms with E-state index in [-0.39, 0.29) is 27.8 Å². The van der Waals surface area contributed by atoms with Crippen molar-refractivity contribution in [3.63, 3.8) is 0 Å². The van der Waals surface area contributed by atoms with Crippen molar-refractivity contribution in [3.8, 4) is 0 Å². The molecule has 2 saturated heterocycles. The molecule has 5 aromatic rings. The third-order valence-corrected chi connectivity index (χ3v) is 17.8. The number of aromatic nitrogens is 6. The van der Waals surface area contributed by atoms with Gasteiger partial charge in [-0.25, -0.2) is 47.6 Å². The summed E-state index contributed by atoms with van der Waals surface area (Å²) in [7, 11) is -24.7. The quantitative estimate of drug-likeness (QED) is 0.0151. The number of rotatable bonds is 25. The number of nitrogens with zero attached hydrogens (tertiary/aromatic N) is 5. The monoisotopic (exact) mass is 1240 g/mol. The highest BCUT2D eigenvalue weighted by Gasteiger charge is 2.51. The van der Waals surface area contributed by atoms with E-state index >= 15 is 0 Å². The van der Waals surface area contributed by atoms with Crippen LogP contribution in [0.3, 0.4) is 0 Å². The second kappa shape index (κ2) is 26.2. The molecule has 0 aliphatic carbocycles. The number of aliphatic hydroxyl groups is 1. The molecule has 31 nitrogen and oxygen atoms in total. The number of carbonyl (C=O) groups is 2. The molecule has 0 saturated carbocycles. The summed E-state index contributed by atoms with van der Waals surface area (Å²) >= 11 is 2.10. The van der Waals surface area contributed by atoms with Crippen LogP contribution in [0.1, 0.15) is 25.3 Å². The predicted octanol–water partition coefficient (Wildman–Crippen LogP) is 5.46. The lowest BCUT2D eigenvalue weighted by Crippen LogP contribution is -2.38. The van der Waals surface area contributed by atoms with Gasteiger partial charge in [0.05, 0.1) is 32.1 Å². The standard InChI is InChI=1S/C39H46F3N9O22P4S2/c1-78-17-14-43-31-28-32(49-35(48-31)79-16-13-39(40,41)42)51(21-44-28)34-30(70-38(56)46-23-10-6-3-7-11-23)29(53)26(68-34)20-66-75(59,60)72-77(63,64)73-76(61,62)71-74(57,58)65-19-24-18-25(69-37(55)45-22-8-4-2-5-9-22)33(67-24)50-15-12-27(52)47-36(50)54/h2-12,15,21,24-26,29-30,33-34,53H,13-14,16-20H2,1H3,(H,45,55)(H,46,56)(H,57,58)(H,59,60)(H,61,62)(H,63,64)(H,43,48,49)(H,47,52,54)/t24-,25+,26+,29+,30+,33?,34+/m0/s1. The summed E-state index contributed by atoms with van der Waals surface area (Å²) in [5, 5.41) is 19.2. The molecule has 11 atom stereocenters. The molecule has 2 aliphatic rings. The van der Waals surface area contributed by atoms with Crippen molar-refractivity contribution in [1.29, 1.82) is 0 Å². The van der Waals surface area contributed by atoms with Gasteiger partial charge < -0.3 is 48.9 Å². The zero-order chi connectivity index (χ0) is 57.3. The van der Waals surface area contributed by atoms with Crippen molar-refractivity contribution in [2.75, 3.05) is 53.5 Å². The third-order valence-electron chi connectivity index (χ3n) is 10.5. The van der Waals surface area contributed by atoms with Gasteiger partial charge >= 0.3 is 55.3 Å². The van der Waals surface area contributed by atoms with Gasteiger partial charge in [-0.15, -0.1) is 0 Å². The summed E-state index contributed by atoms with van der Waals surface area (Å²) in [5.74, 6) is 0.146.